The Morgan fingerprint density at radius 3 is 1.26 bits per heavy atom. The monoisotopic (exact) mass is 464 g/mol. The average molecular weight is 465 g/mol. The molecule has 0 fully saturated rings. The van der Waals surface area contributed by atoms with Crippen molar-refractivity contribution in [3.8, 4) is 0 Å². The number of hydrogen-bond acceptors (Lipinski definition) is 2. The Balaban J connectivity index is 0. The van der Waals surface area contributed by atoms with E-state index in [-0.39, 0.29) is 5.75 Å². The van der Waals surface area contributed by atoms with Crippen molar-refractivity contribution in [3.05, 3.63) is 0 Å². The number of rotatable bonds is 19. The standard InChI is InChI=1S/C23H50N.C3H8O3S/c1-7-9-10-11-12-13-14-15-16-17-18-19-20-21-22-24(5,6)23(3,4)8-2;1-2-3-7(4,5)6/h7-22H2,1-6H3;2-3H2,1H3,(H,4,5,6)/q+1;. The van der Waals surface area contributed by atoms with E-state index >= 15 is 0 Å². The summed E-state index contributed by atoms with van der Waals surface area (Å²) < 4.78 is 28.7. The molecule has 0 aliphatic carbocycles. The summed E-state index contributed by atoms with van der Waals surface area (Å²) in [6.07, 6.45) is 22.0. The molecule has 190 valence electrons. The van der Waals surface area contributed by atoms with Gasteiger partial charge in [0.25, 0.3) is 10.1 Å². The minimum absolute atomic E-state index is 0.132. The molecule has 0 aliphatic heterocycles. The molecule has 0 heterocycles. The topological polar surface area (TPSA) is 54.4 Å². The highest BCUT2D eigenvalue weighted by Crippen LogP contribution is 2.24. The zero-order valence-corrected chi connectivity index (χ0v) is 23.2. The van der Waals surface area contributed by atoms with Crippen molar-refractivity contribution in [3.63, 3.8) is 0 Å². The van der Waals surface area contributed by atoms with E-state index in [0.717, 1.165) is 0 Å². The van der Waals surface area contributed by atoms with E-state index in [1.54, 1.807) is 6.92 Å². The van der Waals surface area contributed by atoms with Gasteiger partial charge < -0.3 is 4.48 Å². The van der Waals surface area contributed by atoms with Crippen LogP contribution in [0.3, 0.4) is 0 Å². The van der Waals surface area contributed by atoms with Crippen LogP contribution in [0, 0.1) is 0 Å². The van der Waals surface area contributed by atoms with E-state index in [9.17, 15) is 8.42 Å². The Bertz CT molecular complexity index is 487. The van der Waals surface area contributed by atoms with Crippen LogP contribution in [0.2, 0.25) is 0 Å². The van der Waals surface area contributed by atoms with Crippen LogP contribution in [0.4, 0.5) is 0 Å². The fraction of sp³-hybridized carbons (Fsp3) is 1.00. The molecule has 0 radical (unpaired) electrons. The highest BCUT2D eigenvalue weighted by molar-refractivity contribution is 7.85. The largest absolute Gasteiger partial charge is 0.324 e. The number of quaternary nitrogens is 1. The van der Waals surface area contributed by atoms with Gasteiger partial charge in [0.1, 0.15) is 0 Å². The summed E-state index contributed by atoms with van der Waals surface area (Å²) in [6, 6.07) is 0. The lowest BCUT2D eigenvalue weighted by molar-refractivity contribution is -0.938. The van der Waals surface area contributed by atoms with Crippen LogP contribution in [0.25, 0.3) is 0 Å². The van der Waals surface area contributed by atoms with Gasteiger partial charge in [-0.2, -0.15) is 8.42 Å². The number of nitrogens with zero attached hydrogens (tertiary/aromatic N) is 1. The molecular formula is C26H58NO3S+. The van der Waals surface area contributed by atoms with Crippen molar-refractivity contribution in [2.75, 3.05) is 26.4 Å². The van der Waals surface area contributed by atoms with Gasteiger partial charge in [-0.3, -0.25) is 4.55 Å². The van der Waals surface area contributed by atoms with Crippen molar-refractivity contribution in [1.82, 2.24) is 0 Å². The summed E-state index contributed by atoms with van der Waals surface area (Å²) >= 11 is 0. The van der Waals surface area contributed by atoms with Crippen LogP contribution in [-0.2, 0) is 10.1 Å². The van der Waals surface area contributed by atoms with Crippen LogP contribution >= 0.6 is 0 Å². The maximum Gasteiger partial charge on any atom is 0.264 e. The molecule has 0 spiro atoms. The first-order valence-electron chi connectivity index (χ1n) is 13.2. The smallest absolute Gasteiger partial charge is 0.264 e. The molecule has 0 bridgehead atoms. The van der Waals surface area contributed by atoms with Gasteiger partial charge in [0.05, 0.1) is 31.9 Å². The predicted octanol–water partition coefficient (Wildman–Crippen LogP) is 8.02. The van der Waals surface area contributed by atoms with E-state index in [2.05, 4.69) is 41.8 Å². The van der Waals surface area contributed by atoms with Gasteiger partial charge in [0.15, 0.2) is 0 Å². The summed E-state index contributed by atoms with van der Waals surface area (Å²) in [5.41, 5.74) is 0.413. The third-order valence-electron chi connectivity index (χ3n) is 7.04. The predicted molar refractivity (Wildman–Crippen MR) is 138 cm³/mol. The van der Waals surface area contributed by atoms with E-state index in [0.29, 0.717) is 12.0 Å². The number of unbranched alkanes of at least 4 members (excludes halogenated alkanes) is 13. The van der Waals surface area contributed by atoms with E-state index < -0.39 is 10.1 Å². The Morgan fingerprint density at radius 2 is 1.00 bits per heavy atom. The molecule has 0 aromatic heterocycles. The quantitative estimate of drug-likeness (QED) is 0.120. The Kier molecular flexibility index (Phi) is 20.6. The molecule has 4 nitrogen and oxygen atoms in total. The van der Waals surface area contributed by atoms with Gasteiger partial charge in [-0.15, -0.1) is 0 Å². The van der Waals surface area contributed by atoms with Crippen molar-refractivity contribution in [2.24, 2.45) is 0 Å². The first-order chi connectivity index (χ1) is 14.4. The number of hydrogen-bond donors (Lipinski definition) is 1. The zero-order valence-electron chi connectivity index (χ0n) is 22.3. The van der Waals surface area contributed by atoms with Crippen molar-refractivity contribution in [2.45, 2.75) is 143 Å². The molecular weight excluding hydrogens is 406 g/mol. The third kappa shape index (κ3) is 21.5. The molecule has 0 unspecified atom stereocenters. The van der Waals surface area contributed by atoms with E-state index in [1.165, 1.54) is 107 Å². The summed E-state index contributed by atoms with van der Waals surface area (Å²) in [7, 11) is 1.14. The van der Waals surface area contributed by atoms with Crippen LogP contribution in [0.1, 0.15) is 137 Å². The molecule has 0 rings (SSSR count). The molecule has 0 saturated carbocycles. The fourth-order valence-corrected chi connectivity index (χ4v) is 4.21. The Morgan fingerprint density at radius 1 is 0.645 bits per heavy atom. The van der Waals surface area contributed by atoms with Crippen LogP contribution in [0.5, 0.6) is 0 Å². The lowest BCUT2D eigenvalue weighted by atomic mass is 9.96. The highest BCUT2D eigenvalue weighted by atomic mass is 32.2. The van der Waals surface area contributed by atoms with Gasteiger partial charge >= 0.3 is 0 Å². The molecule has 5 heteroatoms. The van der Waals surface area contributed by atoms with Crippen LogP contribution in [-0.4, -0.2) is 49.4 Å². The molecule has 31 heavy (non-hydrogen) atoms. The molecule has 0 aromatic rings. The van der Waals surface area contributed by atoms with Gasteiger partial charge in [0.2, 0.25) is 0 Å². The molecule has 0 aliphatic rings. The second-order valence-electron chi connectivity index (χ2n) is 10.5. The summed E-state index contributed by atoms with van der Waals surface area (Å²) in [4.78, 5) is 0. The second kappa shape index (κ2) is 19.3. The Hall–Kier alpha value is -0.130. The van der Waals surface area contributed by atoms with E-state index in [1.807, 2.05) is 0 Å². The normalized spacial score (nSPS) is 12.5. The molecule has 0 aromatic carbocycles. The van der Waals surface area contributed by atoms with Gasteiger partial charge in [-0.25, -0.2) is 0 Å². The first kappa shape index (κ1) is 33.0. The minimum atomic E-state index is -3.67. The molecule has 0 atom stereocenters. The SMILES string of the molecule is CCCCCCCCCCCCCCCC[N+](C)(C)C(C)(C)CC.CCCS(=O)(=O)O. The van der Waals surface area contributed by atoms with Crippen LogP contribution in [0.15, 0.2) is 0 Å². The zero-order chi connectivity index (χ0) is 24.2. The average Bonchev–Trinajstić information content (AvgIpc) is 2.67. The summed E-state index contributed by atoms with van der Waals surface area (Å²) in [6.45, 7) is 12.5. The minimum Gasteiger partial charge on any atom is -0.324 e. The lowest BCUT2D eigenvalue weighted by Crippen LogP contribution is -2.56. The maximum absolute atomic E-state index is 9.79. The van der Waals surface area contributed by atoms with Crippen molar-refractivity contribution >= 4 is 10.1 Å². The van der Waals surface area contributed by atoms with Gasteiger partial charge in [-0.05, 0) is 39.5 Å². The summed E-state index contributed by atoms with van der Waals surface area (Å²) in [5, 5.41) is 0. The van der Waals surface area contributed by atoms with Gasteiger partial charge in [0, 0.05) is 0 Å². The lowest BCUT2D eigenvalue weighted by Gasteiger charge is -2.44. The summed E-state index contributed by atoms with van der Waals surface area (Å²) in [5.74, 6) is -0.132. The van der Waals surface area contributed by atoms with Gasteiger partial charge in [-0.1, -0.05) is 97.8 Å². The third-order valence-corrected chi connectivity index (χ3v) is 7.96. The first-order valence-corrected chi connectivity index (χ1v) is 14.8. The molecule has 0 saturated heterocycles. The Labute approximate surface area is 196 Å². The van der Waals surface area contributed by atoms with E-state index in [4.69, 9.17) is 4.55 Å². The fourth-order valence-electron chi connectivity index (χ4n) is 3.69. The molecule has 1 N–H and O–H groups in total. The molecule has 0 amide bonds. The van der Waals surface area contributed by atoms with Crippen molar-refractivity contribution < 1.29 is 17.5 Å². The highest BCUT2D eigenvalue weighted by Gasteiger charge is 2.33. The van der Waals surface area contributed by atoms with Crippen LogP contribution < -0.4 is 0 Å². The maximum atomic E-state index is 9.79. The van der Waals surface area contributed by atoms with Crippen molar-refractivity contribution in [1.29, 1.82) is 0 Å². The second-order valence-corrected chi connectivity index (χ2v) is 12.0.